The number of benzene rings is 3. The zero-order valence-corrected chi connectivity index (χ0v) is 24.4. The van der Waals surface area contributed by atoms with Gasteiger partial charge in [-0.15, -0.1) is 0 Å². The van der Waals surface area contributed by atoms with Crippen LogP contribution >= 0.6 is 0 Å². The predicted molar refractivity (Wildman–Crippen MR) is 159 cm³/mol. The highest BCUT2D eigenvalue weighted by molar-refractivity contribution is 7.92. The molecule has 214 valence electrons. The minimum absolute atomic E-state index is 0.0786. The van der Waals surface area contributed by atoms with E-state index in [1.54, 1.807) is 36.3 Å². The van der Waals surface area contributed by atoms with Gasteiger partial charge in [-0.1, -0.05) is 60.7 Å². The van der Waals surface area contributed by atoms with E-state index in [0.717, 1.165) is 17.4 Å². The first-order valence-corrected chi connectivity index (χ1v) is 15.2. The van der Waals surface area contributed by atoms with Crippen molar-refractivity contribution in [1.82, 2.24) is 10.2 Å². The van der Waals surface area contributed by atoms with Crippen LogP contribution in [0, 0.1) is 0 Å². The number of sulfonamides is 1. The fourth-order valence-electron chi connectivity index (χ4n) is 4.47. The van der Waals surface area contributed by atoms with E-state index in [4.69, 9.17) is 4.74 Å². The van der Waals surface area contributed by atoms with Gasteiger partial charge in [-0.2, -0.15) is 0 Å². The summed E-state index contributed by atoms with van der Waals surface area (Å²) in [6.45, 7) is 4.16. The van der Waals surface area contributed by atoms with E-state index in [1.807, 2.05) is 74.5 Å². The first kappa shape index (κ1) is 30.7. The molecule has 0 saturated heterocycles. The minimum atomic E-state index is -3.58. The van der Waals surface area contributed by atoms with Gasteiger partial charge in [0.2, 0.25) is 21.8 Å². The van der Waals surface area contributed by atoms with Crippen LogP contribution < -0.4 is 14.4 Å². The maximum Gasteiger partial charge on any atom is 0.243 e. The Hall–Kier alpha value is -3.85. The quantitative estimate of drug-likeness (QED) is 0.313. The lowest BCUT2D eigenvalue weighted by Crippen LogP contribution is -2.51. The number of carbonyl (C=O) groups is 2. The lowest BCUT2D eigenvalue weighted by atomic mass is 10.0. The molecule has 3 rings (SSSR count). The molecule has 0 bridgehead atoms. The molecular formula is C31H39N3O5S. The fourth-order valence-corrected chi connectivity index (χ4v) is 5.43. The Morgan fingerprint density at radius 3 is 1.98 bits per heavy atom. The summed E-state index contributed by atoms with van der Waals surface area (Å²) in [6.07, 6.45) is 1.87. The summed E-state index contributed by atoms with van der Waals surface area (Å²) >= 11 is 0. The van der Waals surface area contributed by atoms with E-state index in [2.05, 4.69) is 5.32 Å². The zero-order chi connectivity index (χ0) is 29.1. The average molecular weight is 566 g/mol. The van der Waals surface area contributed by atoms with Crippen molar-refractivity contribution in [2.24, 2.45) is 0 Å². The molecule has 0 aromatic heterocycles. The normalized spacial score (nSPS) is 12.0. The molecule has 3 aromatic carbocycles. The van der Waals surface area contributed by atoms with Gasteiger partial charge in [0, 0.05) is 32.0 Å². The number of amides is 2. The van der Waals surface area contributed by atoms with E-state index in [0.29, 0.717) is 17.9 Å². The van der Waals surface area contributed by atoms with E-state index < -0.39 is 16.1 Å². The van der Waals surface area contributed by atoms with Crippen molar-refractivity contribution in [2.45, 2.75) is 51.7 Å². The molecule has 1 atom stereocenters. The van der Waals surface area contributed by atoms with E-state index in [-0.39, 0.29) is 43.8 Å². The molecule has 0 aliphatic rings. The summed E-state index contributed by atoms with van der Waals surface area (Å²) in [5.41, 5.74) is 2.34. The Morgan fingerprint density at radius 2 is 1.45 bits per heavy atom. The Bertz CT molecular complexity index is 1330. The summed E-state index contributed by atoms with van der Waals surface area (Å²) in [4.78, 5) is 28.8. The minimum Gasteiger partial charge on any atom is -0.497 e. The van der Waals surface area contributed by atoms with Crippen molar-refractivity contribution in [3.8, 4) is 5.75 Å². The molecule has 3 aromatic rings. The molecule has 1 N–H and O–H groups in total. The molecule has 40 heavy (non-hydrogen) atoms. The highest BCUT2D eigenvalue weighted by Crippen LogP contribution is 2.23. The third-order valence-electron chi connectivity index (χ3n) is 6.41. The first-order chi connectivity index (χ1) is 19.1. The lowest BCUT2D eigenvalue weighted by molar-refractivity contribution is -0.141. The number of rotatable bonds is 14. The molecule has 0 aliphatic heterocycles. The molecule has 0 spiro atoms. The van der Waals surface area contributed by atoms with Gasteiger partial charge < -0.3 is 15.0 Å². The number of nitrogens with zero attached hydrogens (tertiary/aromatic N) is 2. The lowest BCUT2D eigenvalue weighted by Gasteiger charge is -2.32. The molecule has 0 heterocycles. The van der Waals surface area contributed by atoms with Crippen molar-refractivity contribution in [3.63, 3.8) is 0 Å². The van der Waals surface area contributed by atoms with Crippen LogP contribution in [0.5, 0.6) is 5.75 Å². The van der Waals surface area contributed by atoms with Gasteiger partial charge in [0.1, 0.15) is 11.8 Å². The van der Waals surface area contributed by atoms with Crippen LogP contribution in [-0.4, -0.2) is 57.1 Å². The van der Waals surface area contributed by atoms with E-state index in [1.165, 1.54) is 4.31 Å². The van der Waals surface area contributed by atoms with Crippen LogP contribution in [0.15, 0.2) is 84.9 Å². The van der Waals surface area contributed by atoms with Crippen molar-refractivity contribution in [1.29, 1.82) is 0 Å². The largest absolute Gasteiger partial charge is 0.497 e. The zero-order valence-electron chi connectivity index (χ0n) is 23.6. The standard InChI is InChI=1S/C31H39N3O5S/c1-24(2)32-31(36)29(22-25-12-7-5-8-13-25)33(23-26-14-9-6-10-15-26)30(35)16-11-21-34(40(4,37)38)27-17-19-28(39-3)20-18-27/h5-10,12-15,17-20,24,29H,11,16,21-23H2,1-4H3,(H,32,36). The average Bonchev–Trinajstić information content (AvgIpc) is 2.93. The third kappa shape index (κ3) is 9.12. The number of carbonyl (C=O) groups excluding carboxylic acids is 2. The van der Waals surface area contributed by atoms with Crippen LogP contribution in [0.1, 0.15) is 37.8 Å². The molecular weight excluding hydrogens is 526 g/mol. The van der Waals surface area contributed by atoms with Crippen molar-refractivity contribution >= 4 is 27.5 Å². The van der Waals surface area contributed by atoms with Crippen LogP contribution in [0.4, 0.5) is 5.69 Å². The van der Waals surface area contributed by atoms with E-state index >= 15 is 0 Å². The van der Waals surface area contributed by atoms with Crippen LogP contribution in [0.25, 0.3) is 0 Å². The molecule has 0 saturated carbocycles. The summed E-state index contributed by atoms with van der Waals surface area (Å²) in [6, 6.07) is 25.1. The van der Waals surface area contributed by atoms with E-state index in [9.17, 15) is 18.0 Å². The Balaban J connectivity index is 1.84. The van der Waals surface area contributed by atoms with Gasteiger partial charge in [-0.3, -0.25) is 13.9 Å². The maximum absolute atomic E-state index is 13.8. The van der Waals surface area contributed by atoms with Gasteiger partial charge in [0.05, 0.1) is 19.1 Å². The number of hydrogen-bond acceptors (Lipinski definition) is 5. The number of ether oxygens (including phenoxy) is 1. The van der Waals surface area contributed by atoms with Crippen LogP contribution in [0.2, 0.25) is 0 Å². The monoisotopic (exact) mass is 565 g/mol. The number of methoxy groups -OCH3 is 1. The Labute approximate surface area is 238 Å². The van der Waals surface area contributed by atoms with Crippen LogP contribution in [0.3, 0.4) is 0 Å². The van der Waals surface area contributed by atoms with Gasteiger partial charge in [0.25, 0.3) is 0 Å². The van der Waals surface area contributed by atoms with Gasteiger partial charge >= 0.3 is 0 Å². The summed E-state index contributed by atoms with van der Waals surface area (Å²) in [5.74, 6) is 0.180. The Kier molecular flexibility index (Phi) is 11.1. The van der Waals surface area contributed by atoms with Crippen molar-refractivity contribution in [3.05, 3.63) is 96.1 Å². The molecule has 1 unspecified atom stereocenters. The second-order valence-corrected chi connectivity index (χ2v) is 11.9. The highest BCUT2D eigenvalue weighted by atomic mass is 32.2. The third-order valence-corrected chi connectivity index (χ3v) is 7.60. The molecule has 0 fully saturated rings. The molecule has 0 aliphatic carbocycles. The SMILES string of the molecule is COc1ccc(N(CCCC(=O)N(Cc2ccccc2)C(Cc2ccccc2)C(=O)NC(C)C)S(C)(=O)=O)cc1. The van der Waals surface area contributed by atoms with Crippen molar-refractivity contribution in [2.75, 3.05) is 24.2 Å². The second-order valence-electron chi connectivity index (χ2n) is 10.0. The molecule has 9 heteroatoms. The fraction of sp³-hybridized carbons (Fsp3) is 0.355. The number of hydrogen-bond donors (Lipinski definition) is 1. The van der Waals surface area contributed by atoms with Gasteiger partial charge in [-0.25, -0.2) is 8.42 Å². The molecule has 2 amide bonds. The van der Waals surface area contributed by atoms with Gasteiger partial charge in [-0.05, 0) is 55.7 Å². The maximum atomic E-state index is 13.8. The Morgan fingerprint density at radius 1 is 0.875 bits per heavy atom. The van der Waals surface area contributed by atoms with Crippen molar-refractivity contribution < 1.29 is 22.7 Å². The van der Waals surface area contributed by atoms with Gasteiger partial charge in [0.15, 0.2) is 0 Å². The number of nitrogens with one attached hydrogen (secondary N) is 1. The number of anilines is 1. The topological polar surface area (TPSA) is 96.0 Å². The molecule has 0 radical (unpaired) electrons. The smallest absolute Gasteiger partial charge is 0.243 e. The summed E-state index contributed by atoms with van der Waals surface area (Å²) in [7, 11) is -2.04. The first-order valence-electron chi connectivity index (χ1n) is 13.4. The van der Waals surface area contributed by atoms with Crippen LogP contribution in [-0.2, 0) is 32.6 Å². The highest BCUT2D eigenvalue weighted by Gasteiger charge is 2.30. The summed E-state index contributed by atoms with van der Waals surface area (Å²) < 4.78 is 31.6. The summed E-state index contributed by atoms with van der Waals surface area (Å²) in [5, 5.41) is 2.98. The predicted octanol–water partition coefficient (Wildman–Crippen LogP) is 4.41. The molecule has 8 nitrogen and oxygen atoms in total. The second kappa shape index (κ2) is 14.5.